The van der Waals surface area contributed by atoms with Gasteiger partial charge in [-0.15, -0.1) is 0 Å². The molecule has 0 aliphatic carbocycles. The molecule has 0 spiro atoms. The predicted octanol–water partition coefficient (Wildman–Crippen LogP) is 2.33. The molecule has 5 nitrogen and oxygen atoms in total. The summed E-state index contributed by atoms with van der Waals surface area (Å²) in [4.78, 5) is 16.7. The summed E-state index contributed by atoms with van der Waals surface area (Å²) >= 11 is 0. The molecule has 0 saturated carbocycles. The first kappa shape index (κ1) is 16.6. The van der Waals surface area contributed by atoms with Crippen LogP contribution in [0.2, 0.25) is 0 Å². The number of amides is 1. The number of carbonyl (C=O) groups excluding carboxylic acids is 1. The fourth-order valence-electron chi connectivity index (χ4n) is 3.06. The number of carbonyl (C=O) groups is 1. The fourth-order valence-corrected chi connectivity index (χ4v) is 3.06. The van der Waals surface area contributed by atoms with Crippen molar-refractivity contribution in [2.24, 2.45) is 0 Å². The molecule has 1 fully saturated rings. The molecule has 2 aromatic rings. The molecule has 0 radical (unpaired) electrons. The van der Waals surface area contributed by atoms with Crippen molar-refractivity contribution in [3.8, 4) is 0 Å². The maximum Gasteiger partial charge on any atom is 0.234 e. The number of anilines is 1. The molecule has 0 unspecified atom stereocenters. The lowest BCUT2D eigenvalue weighted by atomic mass is 10.1. The molecule has 3 rings (SSSR count). The average Bonchev–Trinajstić information content (AvgIpc) is 3.10. The summed E-state index contributed by atoms with van der Waals surface area (Å²) < 4.78 is 5.22. The third-order valence-corrected chi connectivity index (χ3v) is 4.48. The van der Waals surface area contributed by atoms with E-state index in [0.29, 0.717) is 13.1 Å². The molecule has 24 heavy (non-hydrogen) atoms. The van der Waals surface area contributed by atoms with Crippen molar-refractivity contribution in [2.45, 2.75) is 20.4 Å². The molecule has 128 valence electrons. The SMILES string of the molecule is Cc1ccc(C)c(N2CCN(CC(=O)NCc3ccco3)CC2)c1. The summed E-state index contributed by atoms with van der Waals surface area (Å²) in [5, 5.41) is 2.90. The number of aryl methyl sites for hydroxylation is 2. The standard InChI is InChI=1S/C19H25N3O2/c1-15-5-6-16(2)18(12-15)22-9-7-21(8-10-22)14-19(23)20-13-17-4-3-11-24-17/h3-6,11-12H,7-10,13-14H2,1-2H3,(H,20,23). The van der Waals surface area contributed by atoms with Crippen LogP contribution in [0, 0.1) is 13.8 Å². The van der Waals surface area contributed by atoms with Crippen LogP contribution < -0.4 is 10.2 Å². The first-order chi connectivity index (χ1) is 11.6. The molecule has 0 atom stereocenters. The maximum absolute atomic E-state index is 12.0. The van der Waals surface area contributed by atoms with E-state index in [0.717, 1.165) is 31.9 Å². The number of nitrogens with one attached hydrogen (secondary N) is 1. The van der Waals surface area contributed by atoms with Gasteiger partial charge in [-0.05, 0) is 43.2 Å². The summed E-state index contributed by atoms with van der Waals surface area (Å²) in [5.74, 6) is 0.828. The Morgan fingerprint density at radius 1 is 1.17 bits per heavy atom. The molecule has 1 amide bonds. The van der Waals surface area contributed by atoms with Crippen LogP contribution in [0.4, 0.5) is 5.69 Å². The van der Waals surface area contributed by atoms with Gasteiger partial charge in [0.2, 0.25) is 5.91 Å². The number of hydrogen-bond acceptors (Lipinski definition) is 4. The molecule has 1 N–H and O–H groups in total. The van der Waals surface area contributed by atoms with E-state index in [1.807, 2.05) is 12.1 Å². The number of piperazine rings is 1. The molecule has 1 aliphatic rings. The van der Waals surface area contributed by atoms with Crippen molar-refractivity contribution >= 4 is 11.6 Å². The highest BCUT2D eigenvalue weighted by Gasteiger charge is 2.20. The van der Waals surface area contributed by atoms with Crippen molar-refractivity contribution in [1.82, 2.24) is 10.2 Å². The predicted molar refractivity (Wildman–Crippen MR) is 95.1 cm³/mol. The van der Waals surface area contributed by atoms with Crippen LogP contribution in [0.15, 0.2) is 41.0 Å². The zero-order valence-corrected chi connectivity index (χ0v) is 14.4. The molecular formula is C19H25N3O2. The minimum Gasteiger partial charge on any atom is -0.467 e. The van der Waals surface area contributed by atoms with E-state index in [1.54, 1.807) is 6.26 Å². The van der Waals surface area contributed by atoms with Crippen LogP contribution in [0.1, 0.15) is 16.9 Å². The summed E-state index contributed by atoms with van der Waals surface area (Å²) in [5.41, 5.74) is 3.91. The van der Waals surface area contributed by atoms with Crippen LogP contribution >= 0.6 is 0 Å². The van der Waals surface area contributed by atoms with Gasteiger partial charge >= 0.3 is 0 Å². The van der Waals surface area contributed by atoms with E-state index < -0.39 is 0 Å². The second-order valence-electron chi connectivity index (χ2n) is 6.41. The van der Waals surface area contributed by atoms with E-state index >= 15 is 0 Å². The Bertz CT molecular complexity index is 674. The Kier molecular flexibility index (Phi) is 5.20. The van der Waals surface area contributed by atoms with Crippen molar-refractivity contribution in [1.29, 1.82) is 0 Å². The van der Waals surface area contributed by atoms with Gasteiger partial charge in [0, 0.05) is 31.9 Å². The number of rotatable bonds is 5. The lowest BCUT2D eigenvalue weighted by Gasteiger charge is -2.36. The number of furan rings is 1. The highest BCUT2D eigenvalue weighted by atomic mass is 16.3. The van der Waals surface area contributed by atoms with Crippen molar-refractivity contribution < 1.29 is 9.21 Å². The highest BCUT2D eigenvalue weighted by Crippen LogP contribution is 2.22. The largest absolute Gasteiger partial charge is 0.467 e. The zero-order valence-electron chi connectivity index (χ0n) is 14.4. The summed E-state index contributed by atoms with van der Waals surface area (Å²) in [6.45, 7) is 8.90. The Morgan fingerprint density at radius 3 is 2.67 bits per heavy atom. The second-order valence-corrected chi connectivity index (χ2v) is 6.41. The summed E-state index contributed by atoms with van der Waals surface area (Å²) in [7, 11) is 0. The van der Waals surface area contributed by atoms with Gasteiger partial charge in [0.05, 0.1) is 19.4 Å². The number of hydrogen-bond donors (Lipinski definition) is 1. The van der Waals surface area contributed by atoms with Gasteiger partial charge in [-0.1, -0.05) is 12.1 Å². The van der Waals surface area contributed by atoms with Crippen LogP contribution in [0.3, 0.4) is 0 Å². The third-order valence-electron chi connectivity index (χ3n) is 4.48. The first-order valence-corrected chi connectivity index (χ1v) is 8.45. The molecule has 1 aliphatic heterocycles. The molecular weight excluding hydrogens is 302 g/mol. The zero-order chi connectivity index (χ0) is 16.9. The minimum absolute atomic E-state index is 0.0478. The Balaban J connectivity index is 1.46. The molecule has 1 aromatic carbocycles. The average molecular weight is 327 g/mol. The minimum atomic E-state index is 0.0478. The van der Waals surface area contributed by atoms with Crippen LogP contribution in [-0.4, -0.2) is 43.5 Å². The van der Waals surface area contributed by atoms with Crippen molar-refractivity contribution in [3.63, 3.8) is 0 Å². The van der Waals surface area contributed by atoms with Gasteiger partial charge in [-0.3, -0.25) is 9.69 Å². The number of benzene rings is 1. The fraction of sp³-hybridized carbons (Fsp3) is 0.421. The molecule has 0 bridgehead atoms. The summed E-state index contributed by atoms with van der Waals surface area (Å²) in [6, 6.07) is 10.3. The normalized spacial score (nSPS) is 15.5. The Hall–Kier alpha value is -2.27. The molecule has 1 aromatic heterocycles. The summed E-state index contributed by atoms with van der Waals surface area (Å²) in [6.07, 6.45) is 1.62. The van der Waals surface area contributed by atoms with Crippen molar-refractivity contribution in [2.75, 3.05) is 37.6 Å². The Morgan fingerprint density at radius 2 is 1.96 bits per heavy atom. The molecule has 2 heterocycles. The van der Waals surface area contributed by atoms with Gasteiger partial charge in [0.1, 0.15) is 5.76 Å². The van der Waals surface area contributed by atoms with Crippen LogP contribution in [0.25, 0.3) is 0 Å². The van der Waals surface area contributed by atoms with Gasteiger partial charge in [-0.2, -0.15) is 0 Å². The van der Waals surface area contributed by atoms with E-state index in [-0.39, 0.29) is 5.91 Å². The van der Waals surface area contributed by atoms with Gasteiger partial charge in [-0.25, -0.2) is 0 Å². The van der Waals surface area contributed by atoms with Gasteiger partial charge in [0.15, 0.2) is 0 Å². The topological polar surface area (TPSA) is 48.7 Å². The highest BCUT2D eigenvalue weighted by molar-refractivity contribution is 5.78. The van der Waals surface area contributed by atoms with Crippen LogP contribution in [-0.2, 0) is 11.3 Å². The third kappa shape index (κ3) is 4.17. The van der Waals surface area contributed by atoms with E-state index in [2.05, 4.69) is 47.2 Å². The Labute approximate surface area is 143 Å². The smallest absolute Gasteiger partial charge is 0.234 e. The maximum atomic E-state index is 12.0. The van der Waals surface area contributed by atoms with Crippen LogP contribution in [0.5, 0.6) is 0 Å². The van der Waals surface area contributed by atoms with Crippen molar-refractivity contribution in [3.05, 3.63) is 53.5 Å². The molecule has 1 saturated heterocycles. The monoisotopic (exact) mass is 327 g/mol. The lowest BCUT2D eigenvalue weighted by molar-refractivity contribution is -0.122. The van der Waals surface area contributed by atoms with E-state index in [4.69, 9.17) is 4.42 Å². The lowest BCUT2D eigenvalue weighted by Crippen LogP contribution is -2.49. The number of nitrogens with zero attached hydrogens (tertiary/aromatic N) is 2. The molecule has 5 heteroatoms. The first-order valence-electron chi connectivity index (χ1n) is 8.45. The second kappa shape index (κ2) is 7.53. The van der Waals surface area contributed by atoms with E-state index in [1.165, 1.54) is 16.8 Å². The quantitative estimate of drug-likeness (QED) is 0.916. The van der Waals surface area contributed by atoms with E-state index in [9.17, 15) is 4.79 Å². The van der Waals surface area contributed by atoms with Gasteiger partial charge in [0.25, 0.3) is 0 Å². The van der Waals surface area contributed by atoms with Gasteiger partial charge < -0.3 is 14.6 Å².